The van der Waals surface area contributed by atoms with Crippen molar-refractivity contribution in [1.82, 2.24) is 5.32 Å². The highest BCUT2D eigenvalue weighted by molar-refractivity contribution is 7.16. The van der Waals surface area contributed by atoms with Crippen molar-refractivity contribution in [3.8, 4) is 0 Å². The van der Waals surface area contributed by atoms with Crippen LogP contribution in [-0.2, 0) is 4.74 Å². The SMILES string of the molecule is CNC(c1ccc(Cl)s1)C1CCOC2(CCCCC2)C1. The highest BCUT2D eigenvalue weighted by atomic mass is 35.5. The molecule has 1 N–H and O–H groups in total. The molecule has 3 rings (SSSR count). The standard InChI is InChI=1S/C16H24ClNOS/c1-18-15(13-5-6-14(17)20-13)12-7-10-19-16(11-12)8-3-2-4-9-16/h5-6,12,15,18H,2-4,7-11H2,1H3. The van der Waals surface area contributed by atoms with Crippen LogP contribution in [0.4, 0.5) is 0 Å². The second-order valence-electron chi connectivity index (χ2n) is 6.25. The molecule has 2 nitrogen and oxygen atoms in total. The van der Waals surface area contributed by atoms with Crippen LogP contribution < -0.4 is 5.32 Å². The molecule has 2 aliphatic rings. The summed E-state index contributed by atoms with van der Waals surface area (Å²) < 4.78 is 7.11. The molecule has 1 aromatic heterocycles. The highest BCUT2D eigenvalue weighted by Crippen LogP contribution is 2.45. The van der Waals surface area contributed by atoms with Crippen molar-refractivity contribution in [2.45, 2.75) is 56.6 Å². The van der Waals surface area contributed by atoms with E-state index in [0.717, 1.165) is 17.4 Å². The molecule has 0 amide bonds. The average molecular weight is 314 g/mol. The molecule has 2 heterocycles. The molecule has 0 radical (unpaired) electrons. The van der Waals surface area contributed by atoms with E-state index in [4.69, 9.17) is 16.3 Å². The first-order chi connectivity index (χ1) is 9.72. The third-order valence-electron chi connectivity index (χ3n) is 4.98. The maximum atomic E-state index is 6.22. The van der Waals surface area contributed by atoms with Gasteiger partial charge in [0.05, 0.1) is 9.94 Å². The van der Waals surface area contributed by atoms with E-state index >= 15 is 0 Å². The fourth-order valence-electron chi connectivity index (χ4n) is 4.00. The molecule has 1 aliphatic heterocycles. The molecule has 112 valence electrons. The monoisotopic (exact) mass is 313 g/mol. The quantitative estimate of drug-likeness (QED) is 0.866. The number of thiophene rings is 1. The van der Waals surface area contributed by atoms with Crippen LogP contribution in [0.3, 0.4) is 0 Å². The van der Waals surface area contributed by atoms with E-state index in [2.05, 4.69) is 18.4 Å². The molecule has 1 aliphatic carbocycles. The van der Waals surface area contributed by atoms with Gasteiger partial charge >= 0.3 is 0 Å². The first kappa shape index (κ1) is 14.8. The lowest BCUT2D eigenvalue weighted by molar-refractivity contribution is -0.121. The van der Waals surface area contributed by atoms with Gasteiger partial charge in [0.25, 0.3) is 0 Å². The lowest BCUT2D eigenvalue weighted by Crippen LogP contribution is -2.44. The highest BCUT2D eigenvalue weighted by Gasteiger charge is 2.41. The molecular weight excluding hydrogens is 290 g/mol. The molecular formula is C16H24ClNOS. The normalized spacial score (nSPS) is 27.6. The molecule has 1 saturated carbocycles. The average Bonchev–Trinajstić information content (AvgIpc) is 2.87. The van der Waals surface area contributed by atoms with Crippen LogP contribution in [0.1, 0.15) is 55.9 Å². The van der Waals surface area contributed by atoms with Crippen molar-refractivity contribution in [2.24, 2.45) is 5.92 Å². The van der Waals surface area contributed by atoms with Gasteiger partial charge in [-0.1, -0.05) is 30.9 Å². The van der Waals surface area contributed by atoms with Gasteiger partial charge in [-0.05, 0) is 50.8 Å². The van der Waals surface area contributed by atoms with Crippen LogP contribution in [-0.4, -0.2) is 19.3 Å². The first-order valence-corrected chi connectivity index (χ1v) is 8.98. The molecule has 2 fully saturated rings. The van der Waals surface area contributed by atoms with Crippen molar-refractivity contribution in [2.75, 3.05) is 13.7 Å². The first-order valence-electron chi connectivity index (χ1n) is 7.79. The minimum atomic E-state index is 0.178. The summed E-state index contributed by atoms with van der Waals surface area (Å²) in [7, 11) is 2.07. The maximum absolute atomic E-state index is 6.22. The molecule has 1 spiro atoms. The summed E-state index contributed by atoms with van der Waals surface area (Å²) in [5.74, 6) is 0.668. The summed E-state index contributed by atoms with van der Waals surface area (Å²) >= 11 is 7.82. The van der Waals surface area contributed by atoms with Gasteiger partial charge in [0, 0.05) is 17.5 Å². The van der Waals surface area contributed by atoms with Gasteiger partial charge in [-0.15, -0.1) is 11.3 Å². The fourth-order valence-corrected chi connectivity index (χ4v) is 5.27. The summed E-state index contributed by atoms with van der Waals surface area (Å²) in [5.41, 5.74) is 0.178. The lowest BCUT2D eigenvalue weighted by Gasteiger charge is -2.45. The Bertz CT molecular complexity index is 436. The van der Waals surface area contributed by atoms with Gasteiger partial charge in [-0.3, -0.25) is 0 Å². The zero-order valence-corrected chi connectivity index (χ0v) is 13.7. The third kappa shape index (κ3) is 3.06. The second-order valence-corrected chi connectivity index (χ2v) is 8.00. The lowest BCUT2D eigenvalue weighted by atomic mass is 9.74. The fraction of sp³-hybridized carbons (Fsp3) is 0.750. The predicted octanol–water partition coefficient (Wildman–Crippen LogP) is 4.79. The van der Waals surface area contributed by atoms with Crippen molar-refractivity contribution in [1.29, 1.82) is 0 Å². The van der Waals surface area contributed by atoms with Crippen molar-refractivity contribution in [3.05, 3.63) is 21.3 Å². The van der Waals surface area contributed by atoms with Gasteiger partial charge in [-0.2, -0.15) is 0 Å². The number of ether oxygens (including phenoxy) is 1. The Morgan fingerprint density at radius 2 is 2.15 bits per heavy atom. The second kappa shape index (κ2) is 6.35. The molecule has 1 aromatic rings. The minimum Gasteiger partial charge on any atom is -0.375 e. The Hall–Kier alpha value is -0.0900. The minimum absolute atomic E-state index is 0.178. The number of nitrogens with one attached hydrogen (secondary N) is 1. The Morgan fingerprint density at radius 3 is 2.80 bits per heavy atom. The van der Waals surface area contributed by atoms with Gasteiger partial charge in [0.15, 0.2) is 0 Å². The van der Waals surface area contributed by atoms with E-state index in [1.807, 2.05) is 6.07 Å². The van der Waals surface area contributed by atoms with Crippen LogP contribution >= 0.6 is 22.9 Å². The van der Waals surface area contributed by atoms with E-state index in [1.165, 1.54) is 43.4 Å². The van der Waals surface area contributed by atoms with Crippen LogP contribution in [0.5, 0.6) is 0 Å². The molecule has 0 bridgehead atoms. The van der Waals surface area contributed by atoms with Crippen molar-refractivity contribution in [3.63, 3.8) is 0 Å². The number of halogens is 1. The summed E-state index contributed by atoms with van der Waals surface area (Å²) in [6, 6.07) is 4.62. The van der Waals surface area contributed by atoms with Gasteiger partial charge in [-0.25, -0.2) is 0 Å². The van der Waals surface area contributed by atoms with Crippen LogP contribution in [0, 0.1) is 5.92 Å². The van der Waals surface area contributed by atoms with Crippen molar-refractivity contribution < 1.29 is 4.74 Å². The third-order valence-corrected chi connectivity index (χ3v) is 6.29. The van der Waals surface area contributed by atoms with Gasteiger partial charge in [0.1, 0.15) is 0 Å². The molecule has 20 heavy (non-hydrogen) atoms. The van der Waals surface area contributed by atoms with Crippen molar-refractivity contribution >= 4 is 22.9 Å². The molecule has 2 unspecified atom stereocenters. The Labute approximate surface area is 130 Å². The summed E-state index contributed by atoms with van der Waals surface area (Å²) in [6.07, 6.45) is 8.92. The smallest absolute Gasteiger partial charge is 0.0931 e. The van der Waals surface area contributed by atoms with E-state index in [-0.39, 0.29) is 5.60 Å². The van der Waals surface area contributed by atoms with Crippen LogP contribution in [0.2, 0.25) is 4.34 Å². The molecule has 0 aromatic carbocycles. The summed E-state index contributed by atoms with van der Waals surface area (Å²) in [4.78, 5) is 1.37. The Morgan fingerprint density at radius 1 is 1.35 bits per heavy atom. The van der Waals surface area contributed by atoms with E-state index < -0.39 is 0 Å². The van der Waals surface area contributed by atoms with Crippen LogP contribution in [0.25, 0.3) is 0 Å². The zero-order chi connectivity index (χ0) is 14.0. The molecule has 2 atom stereocenters. The zero-order valence-electron chi connectivity index (χ0n) is 12.2. The van der Waals surface area contributed by atoms with Gasteiger partial charge in [0.2, 0.25) is 0 Å². The number of hydrogen-bond donors (Lipinski definition) is 1. The molecule has 4 heteroatoms. The number of hydrogen-bond acceptors (Lipinski definition) is 3. The van der Waals surface area contributed by atoms with Gasteiger partial charge < -0.3 is 10.1 Å². The molecule has 1 saturated heterocycles. The number of rotatable bonds is 3. The maximum Gasteiger partial charge on any atom is 0.0931 e. The summed E-state index contributed by atoms with van der Waals surface area (Å²) in [6.45, 7) is 0.919. The Kier molecular flexibility index (Phi) is 4.71. The topological polar surface area (TPSA) is 21.3 Å². The van der Waals surface area contributed by atoms with Crippen LogP contribution in [0.15, 0.2) is 12.1 Å². The predicted molar refractivity (Wildman–Crippen MR) is 85.6 cm³/mol. The van der Waals surface area contributed by atoms with E-state index in [9.17, 15) is 0 Å². The Balaban J connectivity index is 1.74. The van der Waals surface area contributed by atoms with E-state index in [1.54, 1.807) is 11.3 Å². The largest absolute Gasteiger partial charge is 0.375 e. The summed E-state index contributed by atoms with van der Waals surface area (Å²) in [5, 5.41) is 3.52. The van der Waals surface area contributed by atoms with E-state index in [0.29, 0.717) is 12.0 Å².